The lowest BCUT2D eigenvalue weighted by molar-refractivity contribution is -0.129. The Hall–Kier alpha value is -1.55. The number of para-hydroxylation sites is 1. The van der Waals surface area contributed by atoms with Gasteiger partial charge in [0.25, 0.3) is 5.91 Å². The fourth-order valence-electron chi connectivity index (χ4n) is 1.76. The summed E-state index contributed by atoms with van der Waals surface area (Å²) in [6.45, 7) is 9.49. The lowest BCUT2D eigenvalue weighted by atomic mass is 10.0. The Balaban J connectivity index is 2.81. The molecule has 0 fully saturated rings. The Morgan fingerprint density at radius 2 is 2.10 bits per heavy atom. The third-order valence-electron chi connectivity index (χ3n) is 3.47. The molecule has 1 atom stereocenters. The number of aliphatic hydroxyl groups excluding tert-OH is 1. The van der Waals surface area contributed by atoms with Gasteiger partial charge in [0.2, 0.25) is 0 Å². The Morgan fingerprint density at radius 3 is 2.65 bits per heavy atom. The standard InChI is InChI=1S/C16H25NO3/c1-6-16(4,5)17-15(19)12(3)20-14-11(2)8-7-9-13(14)10-18/h7-9,12,18H,6,10H2,1-5H3,(H,17,19). The van der Waals surface area contributed by atoms with Crippen LogP contribution in [0.4, 0.5) is 0 Å². The summed E-state index contributed by atoms with van der Waals surface area (Å²) in [5, 5.41) is 12.3. The Morgan fingerprint density at radius 1 is 1.45 bits per heavy atom. The molecule has 20 heavy (non-hydrogen) atoms. The van der Waals surface area contributed by atoms with Gasteiger partial charge in [0.1, 0.15) is 5.75 Å². The SMILES string of the molecule is CCC(C)(C)NC(=O)C(C)Oc1c(C)cccc1CO. The monoisotopic (exact) mass is 279 g/mol. The van der Waals surface area contributed by atoms with Crippen LogP contribution >= 0.6 is 0 Å². The lowest BCUT2D eigenvalue weighted by Gasteiger charge is -2.27. The van der Waals surface area contributed by atoms with Crippen LogP contribution < -0.4 is 10.1 Å². The summed E-state index contributed by atoms with van der Waals surface area (Å²) < 4.78 is 5.75. The highest BCUT2D eigenvalue weighted by molar-refractivity contribution is 5.81. The summed E-state index contributed by atoms with van der Waals surface area (Å²) in [6.07, 6.45) is 0.241. The predicted octanol–water partition coefficient (Wildman–Crippen LogP) is 2.56. The van der Waals surface area contributed by atoms with E-state index in [9.17, 15) is 9.90 Å². The van der Waals surface area contributed by atoms with Gasteiger partial charge < -0.3 is 15.2 Å². The third kappa shape index (κ3) is 4.23. The number of aliphatic hydroxyl groups is 1. The number of hydrogen-bond acceptors (Lipinski definition) is 3. The van der Waals surface area contributed by atoms with E-state index in [1.807, 2.05) is 39.8 Å². The third-order valence-corrected chi connectivity index (χ3v) is 3.47. The second kappa shape index (κ2) is 6.75. The van der Waals surface area contributed by atoms with E-state index >= 15 is 0 Å². The van der Waals surface area contributed by atoms with Crippen molar-refractivity contribution >= 4 is 5.91 Å². The van der Waals surface area contributed by atoms with Gasteiger partial charge in [-0.1, -0.05) is 25.1 Å². The fraction of sp³-hybridized carbons (Fsp3) is 0.562. The lowest BCUT2D eigenvalue weighted by Crippen LogP contribution is -2.48. The molecule has 0 spiro atoms. The number of carbonyl (C=O) groups excluding carboxylic acids is 1. The van der Waals surface area contributed by atoms with Crippen molar-refractivity contribution in [1.29, 1.82) is 0 Å². The number of nitrogens with one attached hydrogen (secondary N) is 1. The second-order valence-corrected chi connectivity index (χ2v) is 5.71. The van der Waals surface area contributed by atoms with Crippen LogP contribution in [0.5, 0.6) is 5.75 Å². The molecule has 0 aliphatic heterocycles. The quantitative estimate of drug-likeness (QED) is 0.841. The number of aryl methyl sites for hydroxylation is 1. The van der Waals surface area contributed by atoms with E-state index in [0.717, 1.165) is 12.0 Å². The van der Waals surface area contributed by atoms with Gasteiger partial charge in [-0.3, -0.25) is 4.79 Å². The predicted molar refractivity (Wildman–Crippen MR) is 79.7 cm³/mol. The molecule has 1 aromatic rings. The molecule has 0 aromatic heterocycles. The van der Waals surface area contributed by atoms with Crippen LogP contribution in [-0.4, -0.2) is 22.7 Å². The molecule has 4 nitrogen and oxygen atoms in total. The number of amides is 1. The van der Waals surface area contributed by atoms with Crippen molar-refractivity contribution in [2.45, 2.75) is 59.3 Å². The molecule has 0 aliphatic rings. The Labute approximate surface area is 121 Å². The molecule has 2 N–H and O–H groups in total. The Kier molecular flexibility index (Phi) is 5.57. The smallest absolute Gasteiger partial charge is 0.261 e. The molecule has 0 saturated heterocycles. The average molecular weight is 279 g/mol. The van der Waals surface area contributed by atoms with Gasteiger partial charge in [-0.05, 0) is 39.7 Å². The minimum Gasteiger partial charge on any atom is -0.480 e. The van der Waals surface area contributed by atoms with Crippen LogP contribution in [0.25, 0.3) is 0 Å². The fourth-order valence-corrected chi connectivity index (χ4v) is 1.76. The zero-order valence-corrected chi connectivity index (χ0v) is 13.0. The number of hydrogen-bond donors (Lipinski definition) is 2. The van der Waals surface area contributed by atoms with Crippen LogP contribution in [0.2, 0.25) is 0 Å². The molecule has 1 aromatic carbocycles. The van der Waals surface area contributed by atoms with Gasteiger partial charge in [-0.15, -0.1) is 0 Å². The molecule has 1 unspecified atom stereocenters. The summed E-state index contributed by atoms with van der Waals surface area (Å²) in [5.74, 6) is 0.441. The maximum atomic E-state index is 12.1. The van der Waals surface area contributed by atoms with Crippen molar-refractivity contribution in [2.24, 2.45) is 0 Å². The van der Waals surface area contributed by atoms with E-state index in [-0.39, 0.29) is 18.1 Å². The first-order valence-corrected chi connectivity index (χ1v) is 6.98. The Bertz CT molecular complexity index is 469. The molecule has 0 radical (unpaired) electrons. The first-order valence-electron chi connectivity index (χ1n) is 6.98. The first kappa shape index (κ1) is 16.5. The molecule has 0 aliphatic carbocycles. The van der Waals surface area contributed by atoms with Crippen LogP contribution in [0.15, 0.2) is 18.2 Å². The summed E-state index contributed by atoms with van der Waals surface area (Å²) in [4.78, 5) is 12.1. The van der Waals surface area contributed by atoms with Crippen molar-refractivity contribution in [3.63, 3.8) is 0 Å². The van der Waals surface area contributed by atoms with Crippen molar-refractivity contribution in [3.8, 4) is 5.75 Å². The maximum absolute atomic E-state index is 12.1. The molecule has 1 amide bonds. The van der Waals surface area contributed by atoms with E-state index in [2.05, 4.69) is 5.32 Å². The molecule has 0 saturated carbocycles. The molecular formula is C16H25NO3. The zero-order chi connectivity index (χ0) is 15.3. The van der Waals surface area contributed by atoms with Crippen molar-refractivity contribution < 1.29 is 14.6 Å². The van der Waals surface area contributed by atoms with E-state index in [1.165, 1.54) is 0 Å². The molecule has 4 heteroatoms. The van der Waals surface area contributed by atoms with Crippen LogP contribution in [0.3, 0.4) is 0 Å². The summed E-state index contributed by atoms with van der Waals surface area (Å²) in [7, 11) is 0. The summed E-state index contributed by atoms with van der Waals surface area (Å²) in [6, 6.07) is 5.55. The number of rotatable bonds is 6. The van der Waals surface area contributed by atoms with E-state index in [4.69, 9.17) is 4.74 Å². The van der Waals surface area contributed by atoms with Gasteiger partial charge in [-0.2, -0.15) is 0 Å². The molecule has 0 bridgehead atoms. The topological polar surface area (TPSA) is 58.6 Å². The minimum atomic E-state index is -0.604. The highest BCUT2D eigenvalue weighted by atomic mass is 16.5. The molecule has 0 heterocycles. The highest BCUT2D eigenvalue weighted by Gasteiger charge is 2.23. The van der Waals surface area contributed by atoms with Gasteiger partial charge in [0.15, 0.2) is 6.10 Å². The van der Waals surface area contributed by atoms with Gasteiger partial charge in [-0.25, -0.2) is 0 Å². The summed E-state index contributed by atoms with van der Waals surface area (Å²) >= 11 is 0. The maximum Gasteiger partial charge on any atom is 0.261 e. The normalized spacial score (nSPS) is 12.9. The van der Waals surface area contributed by atoms with Gasteiger partial charge in [0, 0.05) is 11.1 Å². The van der Waals surface area contributed by atoms with E-state index < -0.39 is 6.10 Å². The van der Waals surface area contributed by atoms with Crippen LogP contribution in [0.1, 0.15) is 45.2 Å². The number of carbonyl (C=O) groups is 1. The highest BCUT2D eigenvalue weighted by Crippen LogP contribution is 2.24. The number of benzene rings is 1. The zero-order valence-electron chi connectivity index (χ0n) is 13.0. The average Bonchev–Trinajstić information content (AvgIpc) is 2.40. The molecule has 112 valence electrons. The van der Waals surface area contributed by atoms with E-state index in [0.29, 0.717) is 11.3 Å². The first-order chi connectivity index (χ1) is 9.30. The number of ether oxygens (including phenoxy) is 1. The molecular weight excluding hydrogens is 254 g/mol. The van der Waals surface area contributed by atoms with Crippen LogP contribution in [-0.2, 0) is 11.4 Å². The minimum absolute atomic E-state index is 0.105. The van der Waals surface area contributed by atoms with Crippen molar-refractivity contribution in [1.82, 2.24) is 5.32 Å². The largest absolute Gasteiger partial charge is 0.480 e. The van der Waals surface area contributed by atoms with Crippen molar-refractivity contribution in [3.05, 3.63) is 29.3 Å². The van der Waals surface area contributed by atoms with Gasteiger partial charge in [0.05, 0.1) is 6.61 Å². The van der Waals surface area contributed by atoms with Gasteiger partial charge >= 0.3 is 0 Å². The summed E-state index contributed by atoms with van der Waals surface area (Å²) in [5.41, 5.74) is 1.35. The van der Waals surface area contributed by atoms with Crippen LogP contribution in [0, 0.1) is 6.92 Å². The van der Waals surface area contributed by atoms with Crippen molar-refractivity contribution in [2.75, 3.05) is 0 Å². The second-order valence-electron chi connectivity index (χ2n) is 5.71. The molecule has 1 rings (SSSR count). The van der Waals surface area contributed by atoms with E-state index in [1.54, 1.807) is 13.0 Å².